The molecule has 1 heterocycles. The van der Waals surface area contributed by atoms with Crippen molar-refractivity contribution in [3.63, 3.8) is 0 Å². The Bertz CT molecular complexity index is 506. The smallest absolute Gasteiger partial charge is 0.310 e. The summed E-state index contributed by atoms with van der Waals surface area (Å²) in [6, 6.07) is 0. The van der Waals surface area contributed by atoms with Crippen LogP contribution < -0.4 is 5.32 Å². The highest BCUT2D eigenvalue weighted by Gasteiger charge is 2.42. The summed E-state index contributed by atoms with van der Waals surface area (Å²) in [6.45, 7) is 1.14. The van der Waals surface area contributed by atoms with E-state index in [9.17, 15) is 14.7 Å². The normalized spacial score (nSPS) is 16.8. The average Bonchev–Trinajstić information content (AvgIpc) is 3.06. The Balaban J connectivity index is 1.92. The molecule has 0 bridgehead atoms. The molecule has 1 fully saturated rings. The van der Waals surface area contributed by atoms with Crippen LogP contribution in [0.15, 0.2) is 12.4 Å². The lowest BCUT2D eigenvalue weighted by Gasteiger charge is -2.22. The molecule has 116 valence electrons. The number of aliphatic carboxylic acids is 1. The number of hydrogen-bond donors (Lipinski definition) is 2. The van der Waals surface area contributed by atoms with Gasteiger partial charge >= 0.3 is 5.97 Å². The number of ether oxygens (including phenoxy) is 1. The summed E-state index contributed by atoms with van der Waals surface area (Å²) in [5.41, 5.74) is -0.314. The lowest BCUT2D eigenvalue weighted by Crippen LogP contribution is -2.32. The summed E-state index contributed by atoms with van der Waals surface area (Å²) >= 11 is 0. The molecule has 0 saturated heterocycles. The van der Waals surface area contributed by atoms with Gasteiger partial charge in [-0.15, -0.1) is 0 Å². The van der Waals surface area contributed by atoms with Gasteiger partial charge in [-0.05, 0) is 12.8 Å². The number of nitrogens with one attached hydrogen (secondary N) is 1. The minimum atomic E-state index is -0.893. The molecule has 0 spiro atoms. The van der Waals surface area contributed by atoms with Gasteiger partial charge < -0.3 is 15.2 Å². The molecule has 7 nitrogen and oxygen atoms in total. The fraction of sp³-hybridized carbons (Fsp3) is 0.643. The number of carboxylic acids is 1. The van der Waals surface area contributed by atoms with E-state index in [0.29, 0.717) is 31.7 Å². The standard InChI is InChI=1S/C14H21N3O4/c1-21-7-6-17-10-11(9-15-17)16-12(18)8-14(13(19)20)4-2-3-5-14/h9-10H,2-8H2,1H3,(H,16,18)(H,19,20). The predicted octanol–water partition coefficient (Wildman–Crippen LogP) is 1.50. The summed E-state index contributed by atoms with van der Waals surface area (Å²) in [4.78, 5) is 23.5. The maximum Gasteiger partial charge on any atom is 0.310 e. The largest absolute Gasteiger partial charge is 0.481 e. The fourth-order valence-electron chi connectivity index (χ4n) is 2.77. The molecule has 1 aromatic heterocycles. The van der Waals surface area contributed by atoms with E-state index in [-0.39, 0.29) is 12.3 Å². The van der Waals surface area contributed by atoms with Crippen LogP contribution in [0.3, 0.4) is 0 Å². The lowest BCUT2D eigenvalue weighted by molar-refractivity contribution is -0.150. The van der Waals surface area contributed by atoms with E-state index < -0.39 is 11.4 Å². The molecule has 0 aromatic carbocycles. The first-order chi connectivity index (χ1) is 10.1. The van der Waals surface area contributed by atoms with Crippen LogP contribution in [0.1, 0.15) is 32.1 Å². The maximum absolute atomic E-state index is 12.1. The lowest BCUT2D eigenvalue weighted by atomic mass is 9.82. The zero-order chi connectivity index (χ0) is 15.3. The first-order valence-electron chi connectivity index (χ1n) is 7.10. The third kappa shape index (κ3) is 3.81. The van der Waals surface area contributed by atoms with Gasteiger partial charge in [0.25, 0.3) is 0 Å². The molecule has 2 N–H and O–H groups in total. The zero-order valence-corrected chi connectivity index (χ0v) is 12.2. The molecule has 21 heavy (non-hydrogen) atoms. The van der Waals surface area contributed by atoms with Gasteiger partial charge in [-0.1, -0.05) is 12.8 Å². The van der Waals surface area contributed by atoms with Gasteiger partial charge in [0.2, 0.25) is 5.91 Å². The van der Waals surface area contributed by atoms with E-state index in [1.165, 1.54) is 0 Å². The molecule has 0 unspecified atom stereocenters. The van der Waals surface area contributed by atoms with Crippen molar-refractivity contribution in [3.05, 3.63) is 12.4 Å². The number of aromatic nitrogens is 2. The quantitative estimate of drug-likeness (QED) is 0.795. The molecule has 1 amide bonds. The number of amides is 1. The highest BCUT2D eigenvalue weighted by atomic mass is 16.5. The van der Waals surface area contributed by atoms with Crippen molar-refractivity contribution < 1.29 is 19.4 Å². The topological polar surface area (TPSA) is 93.5 Å². The van der Waals surface area contributed by atoms with Crippen LogP contribution in [0.5, 0.6) is 0 Å². The second kappa shape index (κ2) is 6.71. The Morgan fingerprint density at radius 1 is 1.48 bits per heavy atom. The molecule has 1 saturated carbocycles. The molecule has 1 aromatic rings. The molecule has 0 radical (unpaired) electrons. The monoisotopic (exact) mass is 295 g/mol. The van der Waals surface area contributed by atoms with Crippen LogP contribution in [0.2, 0.25) is 0 Å². The highest BCUT2D eigenvalue weighted by molar-refractivity contribution is 5.94. The Hall–Kier alpha value is -1.89. The molecule has 1 aliphatic rings. The Morgan fingerprint density at radius 3 is 2.81 bits per heavy atom. The minimum absolute atomic E-state index is 0.0194. The Morgan fingerprint density at radius 2 is 2.19 bits per heavy atom. The maximum atomic E-state index is 12.1. The number of nitrogens with zero attached hydrogens (tertiary/aromatic N) is 2. The number of carbonyl (C=O) groups excluding carboxylic acids is 1. The van der Waals surface area contributed by atoms with Gasteiger partial charge in [0.05, 0.1) is 30.5 Å². The van der Waals surface area contributed by atoms with Crippen LogP contribution in [0.25, 0.3) is 0 Å². The van der Waals surface area contributed by atoms with Gasteiger partial charge in [0.15, 0.2) is 0 Å². The second-order valence-corrected chi connectivity index (χ2v) is 5.50. The third-order valence-corrected chi connectivity index (χ3v) is 3.95. The zero-order valence-electron chi connectivity index (χ0n) is 12.2. The molecular weight excluding hydrogens is 274 g/mol. The minimum Gasteiger partial charge on any atom is -0.481 e. The van der Waals surface area contributed by atoms with Crippen LogP contribution in [-0.4, -0.2) is 40.5 Å². The summed E-state index contributed by atoms with van der Waals surface area (Å²) in [5, 5.41) is 16.2. The van der Waals surface area contributed by atoms with Crippen LogP contribution in [0.4, 0.5) is 5.69 Å². The van der Waals surface area contributed by atoms with Crippen molar-refractivity contribution in [2.45, 2.75) is 38.6 Å². The Labute approximate surface area is 123 Å². The van der Waals surface area contributed by atoms with E-state index in [1.807, 2.05) is 0 Å². The summed E-state index contributed by atoms with van der Waals surface area (Å²) in [7, 11) is 1.61. The van der Waals surface area contributed by atoms with Crippen molar-refractivity contribution >= 4 is 17.6 Å². The summed E-state index contributed by atoms with van der Waals surface area (Å²) in [5.74, 6) is -1.14. The third-order valence-electron chi connectivity index (χ3n) is 3.95. The van der Waals surface area contributed by atoms with Crippen LogP contribution >= 0.6 is 0 Å². The van der Waals surface area contributed by atoms with Gasteiger partial charge in [0, 0.05) is 19.7 Å². The molecule has 1 aliphatic carbocycles. The highest BCUT2D eigenvalue weighted by Crippen LogP contribution is 2.41. The number of carboxylic acid groups (broad SMARTS) is 1. The van der Waals surface area contributed by atoms with Crippen molar-refractivity contribution in [1.82, 2.24) is 9.78 Å². The fourth-order valence-corrected chi connectivity index (χ4v) is 2.77. The van der Waals surface area contributed by atoms with E-state index in [2.05, 4.69) is 10.4 Å². The van der Waals surface area contributed by atoms with Crippen LogP contribution in [-0.2, 0) is 20.9 Å². The molecule has 0 aliphatic heterocycles. The van der Waals surface area contributed by atoms with E-state index in [1.54, 1.807) is 24.2 Å². The van der Waals surface area contributed by atoms with Crippen molar-refractivity contribution in [2.75, 3.05) is 19.0 Å². The van der Waals surface area contributed by atoms with Crippen LogP contribution in [0, 0.1) is 5.41 Å². The Kier molecular flexibility index (Phi) is 4.95. The molecule has 2 rings (SSSR count). The summed E-state index contributed by atoms with van der Waals surface area (Å²) < 4.78 is 6.62. The number of rotatable bonds is 7. The van der Waals surface area contributed by atoms with Gasteiger partial charge in [0.1, 0.15) is 0 Å². The van der Waals surface area contributed by atoms with Crippen molar-refractivity contribution in [3.8, 4) is 0 Å². The van der Waals surface area contributed by atoms with E-state index >= 15 is 0 Å². The average molecular weight is 295 g/mol. The van der Waals surface area contributed by atoms with Gasteiger partial charge in [-0.25, -0.2) is 0 Å². The van der Waals surface area contributed by atoms with Crippen molar-refractivity contribution in [2.24, 2.45) is 5.41 Å². The van der Waals surface area contributed by atoms with Gasteiger partial charge in [-0.3, -0.25) is 14.3 Å². The molecular formula is C14H21N3O4. The first kappa shape index (κ1) is 15.5. The van der Waals surface area contributed by atoms with E-state index in [0.717, 1.165) is 12.8 Å². The number of carbonyl (C=O) groups is 2. The first-order valence-corrected chi connectivity index (χ1v) is 7.10. The van der Waals surface area contributed by atoms with Crippen molar-refractivity contribution in [1.29, 1.82) is 0 Å². The summed E-state index contributed by atoms with van der Waals surface area (Å²) in [6.07, 6.45) is 6.16. The van der Waals surface area contributed by atoms with E-state index in [4.69, 9.17) is 4.74 Å². The number of methoxy groups -OCH3 is 1. The predicted molar refractivity (Wildman–Crippen MR) is 75.9 cm³/mol. The molecule has 7 heteroatoms. The SMILES string of the molecule is COCCn1cc(NC(=O)CC2(C(=O)O)CCCC2)cn1. The molecule has 0 atom stereocenters. The second-order valence-electron chi connectivity index (χ2n) is 5.50. The number of hydrogen-bond acceptors (Lipinski definition) is 4. The van der Waals surface area contributed by atoms with Gasteiger partial charge in [-0.2, -0.15) is 5.10 Å². The number of anilines is 1.